The molecule has 3 rings (SSSR count). The van der Waals surface area contributed by atoms with Gasteiger partial charge in [-0.1, -0.05) is 24.4 Å². The van der Waals surface area contributed by atoms with Crippen LogP contribution in [0.25, 0.3) is 0 Å². The molecule has 0 atom stereocenters. The van der Waals surface area contributed by atoms with Gasteiger partial charge in [0.15, 0.2) is 0 Å². The van der Waals surface area contributed by atoms with Crippen LogP contribution in [-0.4, -0.2) is 36.0 Å². The molecule has 6 heteroatoms. The maximum absolute atomic E-state index is 12.7. The summed E-state index contributed by atoms with van der Waals surface area (Å²) in [6.45, 7) is 1.65. The molecule has 0 saturated carbocycles. The van der Waals surface area contributed by atoms with Gasteiger partial charge in [0.2, 0.25) is 0 Å². The number of rotatable bonds is 4. The second-order valence-corrected chi connectivity index (χ2v) is 6.55. The minimum Gasteiger partial charge on any atom is -0.495 e. The maximum atomic E-state index is 12.7. The number of likely N-dealkylation sites (tertiary alicyclic amines) is 1. The number of amides is 1. The van der Waals surface area contributed by atoms with Crippen LogP contribution < -0.4 is 10.1 Å². The Labute approximate surface area is 153 Å². The van der Waals surface area contributed by atoms with E-state index in [0.717, 1.165) is 37.3 Å². The lowest BCUT2D eigenvalue weighted by Gasteiger charge is -2.20. The fourth-order valence-corrected chi connectivity index (χ4v) is 3.25. The van der Waals surface area contributed by atoms with Crippen LogP contribution in [-0.2, 0) is 0 Å². The molecule has 1 saturated heterocycles. The van der Waals surface area contributed by atoms with E-state index in [-0.39, 0.29) is 5.91 Å². The van der Waals surface area contributed by atoms with Gasteiger partial charge in [-0.3, -0.25) is 9.78 Å². The van der Waals surface area contributed by atoms with Crippen LogP contribution in [0.2, 0.25) is 5.02 Å². The molecule has 0 spiro atoms. The molecule has 132 valence electrons. The Morgan fingerprint density at radius 2 is 1.88 bits per heavy atom. The molecular weight excluding hydrogens is 338 g/mol. The number of carbonyl (C=O) groups is 1. The summed E-state index contributed by atoms with van der Waals surface area (Å²) in [6, 6.07) is 7.28. The van der Waals surface area contributed by atoms with Gasteiger partial charge in [0.1, 0.15) is 5.75 Å². The lowest BCUT2D eigenvalue weighted by molar-refractivity contribution is 0.0761. The van der Waals surface area contributed by atoms with Crippen molar-refractivity contribution < 1.29 is 9.53 Å². The molecule has 5 nitrogen and oxygen atoms in total. The average molecular weight is 360 g/mol. The number of anilines is 2. The number of aromatic nitrogens is 1. The minimum atomic E-state index is 0.0470. The third kappa shape index (κ3) is 4.42. The Balaban J connectivity index is 1.74. The number of benzene rings is 1. The molecule has 25 heavy (non-hydrogen) atoms. The fraction of sp³-hybridized carbons (Fsp3) is 0.368. The zero-order valence-electron chi connectivity index (χ0n) is 14.3. The zero-order chi connectivity index (χ0) is 17.6. The van der Waals surface area contributed by atoms with Gasteiger partial charge >= 0.3 is 0 Å². The average Bonchev–Trinajstić information content (AvgIpc) is 2.91. The van der Waals surface area contributed by atoms with Gasteiger partial charge in [0.05, 0.1) is 29.6 Å². The van der Waals surface area contributed by atoms with Crippen molar-refractivity contribution in [2.75, 3.05) is 25.5 Å². The Bertz CT molecular complexity index is 743. The van der Waals surface area contributed by atoms with Gasteiger partial charge in [-0.05, 0) is 37.1 Å². The number of pyridine rings is 1. The highest BCUT2D eigenvalue weighted by atomic mass is 35.5. The maximum Gasteiger partial charge on any atom is 0.255 e. The van der Waals surface area contributed by atoms with Crippen LogP contribution in [0, 0.1) is 0 Å². The predicted octanol–water partition coefficient (Wildman–Crippen LogP) is 4.50. The Morgan fingerprint density at radius 3 is 2.56 bits per heavy atom. The molecular formula is C19H22ClN3O2. The summed E-state index contributed by atoms with van der Waals surface area (Å²) in [5, 5.41) is 3.76. The highest BCUT2D eigenvalue weighted by Crippen LogP contribution is 2.29. The summed E-state index contributed by atoms with van der Waals surface area (Å²) >= 11 is 6.15. The number of hydrogen-bond donors (Lipinski definition) is 1. The Kier molecular flexibility index (Phi) is 5.76. The predicted molar refractivity (Wildman–Crippen MR) is 99.9 cm³/mol. The number of nitrogens with one attached hydrogen (secondary N) is 1. The van der Waals surface area contributed by atoms with Crippen LogP contribution in [0.1, 0.15) is 36.0 Å². The molecule has 1 amide bonds. The molecule has 0 aliphatic carbocycles. The Hall–Kier alpha value is -2.27. The first-order valence-corrected chi connectivity index (χ1v) is 8.90. The van der Waals surface area contributed by atoms with E-state index in [4.69, 9.17) is 16.3 Å². The normalized spacial score (nSPS) is 14.7. The SMILES string of the molecule is COc1ccc(Nc2cncc(C(=O)N3CCCCCC3)c2)cc1Cl. The van der Waals surface area contributed by atoms with Crippen LogP contribution in [0.3, 0.4) is 0 Å². The lowest BCUT2D eigenvalue weighted by Crippen LogP contribution is -2.31. The van der Waals surface area contributed by atoms with Crippen molar-refractivity contribution in [2.45, 2.75) is 25.7 Å². The molecule has 1 N–H and O–H groups in total. The first kappa shape index (κ1) is 17.5. The number of ether oxygens (including phenoxy) is 1. The highest BCUT2D eigenvalue weighted by molar-refractivity contribution is 6.32. The quantitative estimate of drug-likeness (QED) is 0.873. The second kappa shape index (κ2) is 8.21. The van der Waals surface area contributed by atoms with Crippen molar-refractivity contribution in [3.8, 4) is 5.75 Å². The lowest BCUT2D eigenvalue weighted by atomic mass is 10.2. The first-order chi connectivity index (χ1) is 12.2. The molecule has 1 fully saturated rings. The standard InChI is InChI=1S/C19H22ClN3O2/c1-25-18-7-6-15(11-17(18)20)22-16-10-14(12-21-13-16)19(24)23-8-4-2-3-5-9-23/h6-7,10-13,22H,2-5,8-9H2,1H3. The Morgan fingerprint density at radius 1 is 1.12 bits per heavy atom. The van der Waals surface area contributed by atoms with Gasteiger partial charge in [-0.2, -0.15) is 0 Å². The molecule has 1 aliphatic heterocycles. The number of halogens is 1. The molecule has 1 aliphatic rings. The van der Waals surface area contributed by atoms with Crippen LogP contribution >= 0.6 is 11.6 Å². The summed E-state index contributed by atoms with van der Waals surface area (Å²) in [5.74, 6) is 0.668. The van der Waals surface area contributed by atoms with E-state index in [1.54, 1.807) is 31.6 Å². The van der Waals surface area contributed by atoms with E-state index in [0.29, 0.717) is 16.3 Å². The van der Waals surface area contributed by atoms with Crippen molar-refractivity contribution in [1.29, 1.82) is 0 Å². The highest BCUT2D eigenvalue weighted by Gasteiger charge is 2.18. The van der Waals surface area contributed by atoms with Gasteiger partial charge in [-0.15, -0.1) is 0 Å². The third-order valence-corrected chi connectivity index (χ3v) is 4.61. The topological polar surface area (TPSA) is 54.5 Å². The van der Waals surface area contributed by atoms with Crippen molar-refractivity contribution in [3.05, 3.63) is 47.2 Å². The fourth-order valence-electron chi connectivity index (χ4n) is 2.99. The largest absolute Gasteiger partial charge is 0.495 e. The van der Waals surface area contributed by atoms with Gasteiger partial charge in [-0.25, -0.2) is 0 Å². The summed E-state index contributed by atoms with van der Waals surface area (Å²) in [6.07, 6.45) is 7.85. The van der Waals surface area contributed by atoms with E-state index >= 15 is 0 Å². The second-order valence-electron chi connectivity index (χ2n) is 6.14. The van der Waals surface area contributed by atoms with Gasteiger partial charge in [0.25, 0.3) is 5.91 Å². The minimum absolute atomic E-state index is 0.0470. The molecule has 1 aromatic carbocycles. The molecule has 0 bridgehead atoms. The van der Waals surface area contributed by atoms with E-state index < -0.39 is 0 Å². The van der Waals surface area contributed by atoms with Crippen molar-refractivity contribution in [2.24, 2.45) is 0 Å². The molecule has 0 unspecified atom stereocenters. The number of methoxy groups -OCH3 is 1. The van der Waals surface area contributed by atoms with Gasteiger partial charge in [0, 0.05) is 25.0 Å². The van der Waals surface area contributed by atoms with Crippen LogP contribution in [0.15, 0.2) is 36.7 Å². The van der Waals surface area contributed by atoms with Crippen molar-refractivity contribution in [1.82, 2.24) is 9.88 Å². The molecule has 0 radical (unpaired) electrons. The first-order valence-electron chi connectivity index (χ1n) is 8.52. The third-order valence-electron chi connectivity index (χ3n) is 4.32. The summed E-state index contributed by atoms with van der Waals surface area (Å²) < 4.78 is 5.16. The van der Waals surface area contributed by atoms with Crippen LogP contribution in [0.4, 0.5) is 11.4 Å². The summed E-state index contributed by atoms with van der Waals surface area (Å²) in [7, 11) is 1.58. The molecule has 2 aromatic rings. The van der Waals surface area contributed by atoms with E-state index in [1.165, 1.54) is 12.8 Å². The molecule has 1 aromatic heterocycles. The van der Waals surface area contributed by atoms with E-state index in [2.05, 4.69) is 10.3 Å². The summed E-state index contributed by atoms with van der Waals surface area (Å²) in [5.41, 5.74) is 2.17. The van der Waals surface area contributed by atoms with Crippen molar-refractivity contribution in [3.63, 3.8) is 0 Å². The van der Waals surface area contributed by atoms with Gasteiger partial charge < -0.3 is 15.0 Å². The number of nitrogens with zero attached hydrogens (tertiary/aromatic N) is 2. The molecule has 2 heterocycles. The zero-order valence-corrected chi connectivity index (χ0v) is 15.1. The van der Waals surface area contributed by atoms with E-state index in [9.17, 15) is 4.79 Å². The number of carbonyl (C=O) groups excluding carboxylic acids is 1. The smallest absolute Gasteiger partial charge is 0.255 e. The van der Waals surface area contributed by atoms with E-state index in [1.807, 2.05) is 17.0 Å². The monoisotopic (exact) mass is 359 g/mol. The van der Waals surface area contributed by atoms with Crippen LogP contribution in [0.5, 0.6) is 5.75 Å². The number of hydrogen-bond acceptors (Lipinski definition) is 4. The summed E-state index contributed by atoms with van der Waals surface area (Å²) in [4.78, 5) is 18.9. The van der Waals surface area contributed by atoms with Crippen molar-refractivity contribution >= 4 is 28.9 Å².